The summed E-state index contributed by atoms with van der Waals surface area (Å²) >= 11 is 0. The van der Waals surface area contributed by atoms with Crippen molar-refractivity contribution in [2.75, 3.05) is 19.8 Å². The van der Waals surface area contributed by atoms with Gasteiger partial charge in [0.05, 0.1) is 23.4 Å². The van der Waals surface area contributed by atoms with Crippen molar-refractivity contribution in [2.24, 2.45) is 0 Å². The molecule has 0 radical (unpaired) electrons. The van der Waals surface area contributed by atoms with E-state index in [-0.39, 0.29) is 18.0 Å². The van der Waals surface area contributed by atoms with Gasteiger partial charge in [0, 0.05) is 32.2 Å². The number of hydrogen-bond acceptors (Lipinski definition) is 5. The quantitative estimate of drug-likeness (QED) is 0.367. The molecule has 4 rings (SSSR count). The van der Waals surface area contributed by atoms with Crippen LogP contribution in [0.3, 0.4) is 0 Å². The zero-order valence-electron chi connectivity index (χ0n) is 19.3. The maximum atomic E-state index is 13.3. The Hall–Kier alpha value is -3.75. The highest BCUT2D eigenvalue weighted by Crippen LogP contribution is 2.23. The molecule has 1 N–H and O–H groups in total. The van der Waals surface area contributed by atoms with Crippen LogP contribution in [-0.2, 0) is 16.0 Å². The standard InChI is InChI=1S/C26H28N4O4/c1-3-33-23(34-4-2)15-27-25(31)21-17-29(16-19-11-7-5-8-12-19)18-22-24(21)28-30(26(22)32)20-13-9-6-10-14-20/h5-14,17-18,23H,3-4,15-16H2,1-2H3,(H,27,31). The Morgan fingerprint density at radius 1 is 0.971 bits per heavy atom. The van der Waals surface area contributed by atoms with E-state index in [1.54, 1.807) is 24.5 Å². The minimum atomic E-state index is -0.549. The van der Waals surface area contributed by atoms with E-state index in [4.69, 9.17) is 9.47 Å². The van der Waals surface area contributed by atoms with E-state index >= 15 is 0 Å². The van der Waals surface area contributed by atoms with Crippen molar-refractivity contribution in [1.29, 1.82) is 0 Å². The second-order valence-electron chi connectivity index (χ2n) is 7.69. The molecule has 0 unspecified atom stereocenters. The van der Waals surface area contributed by atoms with Gasteiger partial charge in [0.1, 0.15) is 5.69 Å². The molecule has 0 aliphatic carbocycles. The number of rotatable bonds is 10. The third-order valence-corrected chi connectivity index (χ3v) is 5.31. The topological polar surface area (TPSA) is 87.4 Å². The molecule has 2 aromatic carbocycles. The molecule has 8 nitrogen and oxygen atoms in total. The summed E-state index contributed by atoms with van der Waals surface area (Å²) < 4.78 is 14.2. The Bertz CT molecular complexity index is 1240. The average Bonchev–Trinajstić information content (AvgIpc) is 3.19. The molecule has 0 saturated carbocycles. The highest BCUT2D eigenvalue weighted by Gasteiger charge is 2.25. The Kier molecular flexibility index (Phi) is 7.51. The molecule has 0 atom stereocenters. The fourth-order valence-electron chi connectivity index (χ4n) is 3.76. The number of nitrogens with one attached hydrogen (secondary N) is 1. The molecule has 0 bridgehead atoms. The number of carbonyl (C=O) groups excluding carboxylic acids is 1. The van der Waals surface area contributed by atoms with Crippen LogP contribution in [0.15, 0.2) is 77.9 Å². The Morgan fingerprint density at radius 2 is 1.62 bits per heavy atom. The molecule has 8 heteroatoms. The molecule has 1 amide bonds. The fourth-order valence-corrected chi connectivity index (χ4v) is 3.76. The average molecular weight is 461 g/mol. The molecule has 34 heavy (non-hydrogen) atoms. The van der Waals surface area contributed by atoms with Gasteiger partial charge in [-0.05, 0) is 31.5 Å². The summed E-state index contributed by atoms with van der Waals surface area (Å²) in [5.74, 6) is -0.352. The summed E-state index contributed by atoms with van der Waals surface area (Å²) in [5, 5.41) is 7.39. The SMILES string of the molecule is CCOC(CNC(=O)c1cn(Cc2ccccc2)cc2c(=O)n(-c3ccccc3)nc1-2)OCC. The van der Waals surface area contributed by atoms with Gasteiger partial charge in [-0.25, -0.2) is 0 Å². The first kappa shape index (κ1) is 23.4. The van der Waals surface area contributed by atoms with Gasteiger partial charge in [-0.1, -0.05) is 48.5 Å². The summed E-state index contributed by atoms with van der Waals surface area (Å²) in [5.41, 5.74) is 2.44. The van der Waals surface area contributed by atoms with Crippen LogP contribution in [0.4, 0.5) is 0 Å². The molecular weight excluding hydrogens is 432 g/mol. The zero-order valence-corrected chi connectivity index (χ0v) is 19.3. The zero-order chi connectivity index (χ0) is 23.9. The van der Waals surface area contributed by atoms with Crippen LogP contribution in [0, 0.1) is 0 Å². The molecule has 2 heterocycles. The maximum absolute atomic E-state index is 13.3. The highest BCUT2D eigenvalue weighted by molar-refractivity contribution is 5.99. The number of ether oxygens (including phenoxy) is 2. The first-order valence-electron chi connectivity index (χ1n) is 11.3. The maximum Gasteiger partial charge on any atom is 0.282 e. The van der Waals surface area contributed by atoms with E-state index in [0.717, 1.165) is 5.56 Å². The number of hydrogen-bond donors (Lipinski definition) is 1. The lowest BCUT2D eigenvalue weighted by Gasteiger charge is -2.18. The summed E-state index contributed by atoms with van der Waals surface area (Å²) in [6.45, 7) is 5.36. The van der Waals surface area contributed by atoms with Gasteiger partial charge in [0.2, 0.25) is 0 Å². The number of benzene rings is 2. The van der Waals surface area contributed by atoms with Gasteiger partial charge >= 0.3 is 0 Å². The van der Waals surface area contributed by atoms with Crippen molar-refractivity contribution in [3.8, 4) is 16.9 Å². The van der Waals surface area contributed by atoms with E-state index in [1.165, 1.54) is 4.68 Å². The van der Waals surface area contributed by atoms with Crippen LogP contribution in [0.2, 0.25) is 0 Å². The molecular formula is C26H28N4O4. The number of pyridine rings is 1. The third-order valence-electron chi connectivity index (χ3n) is 5.31. The van der Waals surface area contributed by atoms with Crippen molar-refractivity contribution < 1.29 is 14.3 Å². The van der Waals surface area contributed by atoms with E-state index in [9.17, 15) is 9.59 Å². The monoisotopic (exact) mass is 460 g/mol. The van der Waals surface area contributed by atoms with Crippen molar-refractivity contribution in [3.05, 3.63) is 94.5 Å². The summed E-state index contributed by atoms with van der Waals surface area (Å²) in [4.78, 5) is 26.5. The van der Waals surface area contributed by atoms with Gasteiger partial charge in [0.15, 0.2) is 6.29 Å². The van der Waals surface area contributed by atoms with Gasteiger partial charge in [-0.3, -0.25) is 9.59 Å². The van der Waals surface area contributed by atoms with Crippen molar-refractivity contribution in [1.82, 2.24) is 19.7 Å². The summed E-state index contributed by atoms with van der Waals surface area (Å²) in [6, 6.07) is 19.0. The van der Waals surface area contributed by atoms with E-state index in [2.05, 4.69) is 10.4 Å². The fraction of sp³-hybridized carbons (Fsp3) is 0.269. The Morgan fingerprint density at radius 3 is 2.26 bits per heavy atom. The van der Waals surface area contributed by atoms with Crippen molar-refractivity contribution in [2.45, 2.75) is 26.7 Å². The second kappa shape index (κ2) is 10.9. The van der Waals surface area contributed by atoms with Gasteiger partial charge < -0.3 is 19.4 Å². The number of amides is 1. The number of nitrogens with zero attached hydrogens (tertiary/aromatic N) is 3. The molecule has 0 saturated heterocycles. The lowest BCUT2D eigenvalue weighted by molar-refractivity contribution is -0.131. The Labute approximate surface area is 198 Å². The van der Waals surface area contributed by atoms with E-state index in [0.29, 0.717) is 42.3 Å². The molecule has 2 aliphatic rings. The first-order valence-corrected chi connectivity index (χ1v) is 11.3. The molecule has 0 fully saturated rings. The minimum absolute atomic E-state index is 0.180. The van der Waals surface area contributed by atoms with Crippen LogP contribution >= 0.6 is 0 Å². The lowest BCUT2D eigenvalue weighted by Crippen LogP contribution is -2.36. The normalized spacial score (nSPS) is 11.3. The van der Waals surface area contributed by atoms with Crippen LogP contribution in [0.25, 0.3) is 16.9 Å². The third kappa shape index (κ3) is 5.24. The highest BCUT2D eigenvalue weighted by atomic mass is 16.7. The summed E-state index contributed by atoms with van der Waals surface area (Å²) in [7, 11) is 0. The van der Waals surface area contributed by atoms with Crippen molar-refractivity contribution in [3.63, 3.8) is 0 Å². The minimum Gasteiger partial charge on any atom is -0.351 e. The van der Waals surface area contributed by atoms with Crippen molar-refractivity contribution >= 4 is 5.91 Å². The second-order valence-corrected chi connectivity index (χ2v) is 7.69. The van der Waals surface area contributed by atoms with Gasteiger partial charge in [-0.2, -0.15) is 9.78 Å². The molecule has 2 aromatic rings. The predicted molar refractivity (Wildman–Crippen MR) is 129 cm³/mol. The van der Waals surface area contributed by atoms with Crippen LogP contribution in [-0.4, -0.2) is 46.3 Å². The first-order chi connectivity index (χ1) is 16.6. The lowest BCUT2D eigenvalue weighted by atomic mass is 10.1. The van der Waals surface area contributed by atoms with Gasteiger partial charge in [0.25, 0.3) is 11.5 Å². The molecule has 0 aromatic heterocycles. The number of fused-ring (bicyclic) bond motifs is 1. The molecule has 2 aliphatic heterocycles. The van der Waals surface area contributed by atoms with Crippen LogP contribution in [0.1, 0.15) is 29.8 Å². The number of para-hydroxylation sites is 1. The van der Waals surface area contributed by atoms with Gasteiger partial charge in [-0.15, -0.1) is 0 Å². The summed E-state index contributed by atoms with van der Waals surface area (Å²) in [6.07, 6.45) is 2.92. The molecule has 176 valence electrons. The van der Waals surface area contributed by atoms with Crippen LogP contribution in [0.5, 0.6) is 0 Å². The number of carbonyl (C=O) groups is 1. The van der Waals surface area contributed by atoms with E-state index in [1.807, 2.05) is 66.9 Å². The predicted octanol–water partition coefficient (Wildman–Crippen LogP) is 3.32. The smallest absolute Gasteiger partial charge is 0.282 e. The van der Waals surface area contributed by atoms with Crippen LogP contribution < -0.4 is 10.9 Å². The largest absolute Gasteiger partial charge is 0.351 e. The van der Waals surface area contributed by atoms with E-state index < -0.39 is 6.29 Å². The Balaban J connectivity index is 1.73. The number of aromatic nitrogens is 3. The molecule has 0 spiro atoms.